The van der Waals surface area contributed by atoms with E-state index in [1.807, 2.05) is 52.0 Å². The Balaban J connectivity index is 1.31. The predicted molar refractivity (Wildman–Crippen MR) is 123 cm³/mol. The summed E-state index contributed by atoms with van der Waals surface area (Å²) in [5.74, 6) is 1.38. The highest BCUT2D eigenvalue weighted by atomic mass is 16.5. The number of piperidine rings is 1. The highest BCUT2D eigenvalue weighted by molar-refractivity contribution is 5.92. The zero-order valence-corrected chi connectivity index (χ0v) is 18.9. The van der Waals surface area contributed by atoms with Crippen molar-refractivity contribution in [1.29, 1.82) is 0 Å². The van der Waals surface area contributed by atoms with Crippen LogP contribution in [-0.4, -0.2) is 38.9 Å². The van der Waals surface area contributed by atoms with Crippen LogP contribution < -0.4 is 15.0 Å². The maximum absolute atomic E-state index is 12.8. The fourth-order valence-electron chi connectivity index (χ4n) is 3.89. The van der Waals surface area contributed by atoms with Gasteiger partial charge in [-0.05, 0) is 76.9 Å². The van der Waals surface area contributed by atoms with Gasteiger partial charge in [0.1, 0.15) is 5.75 Å². The lowest BCUT2D eigenvalue weighted by Gasteiger charge is -2.31. The number of hydrogen-bond donors (Lipinski definition) is 1. The van der Waals surface area contributed by atoms with Gasteiger partial charge in [-0.25, -0.2) is 19.9 Å². The minimum absolute atomic E-state index is 0.0308. The van der Waals surface area contributed by atoms with Crippen molar-refractivity contribution in [3.63, 3.8) is 0 Å². The smallest absolute Gasteiger partial charge is 0.322 e. The first-order valence-electron chi connectivity index (χ1n) is 10.8. The van der Waals surface area contributed by atoms with Gasteiger partial charge >= 0.3 is 6.01 Å². The molecular weight excluding hydrogens is 404 g/mol. The highest BCUT2D eigenvalue weighted by Crippen LogP contribution is 2.24. The molecule has 0 unspecified atom stereocenters. The molecule has 4 rings (SSSR count). The highest BCUT2D eigenvalue weighted by Gasteiger charge is 2.26. The average molecular weight is 433 g/mol. The summed E-state index contributed by atoms with van der Waals surface area (Å²) in [5.41, 5.74) is 4.37. The van der Waals surface area contributed by atoms with Crippen molar-refractivity contribution < 1.29 is 9.53 Å². The molecule has 8 nitrogen and oxygen atoms in total. The molecule has 0 spiro atoms. The number of carbonyl (C=O) groups excluding carboxylic acids is 1. The number of rotatable bonds is 5. The molecule has 1 amide bonds. The Labute approximate surface area is 188 Å². The Bertz CT molecular complexity index is 1070. The Hall–Kier alpha value is -3.55. The second-order valence-corrected chi connectivity index (χ2v) is 8.26. The van der Waals surface area contributed by atoms with E-state index in [1.165, 1.54) is 0 Å². The minimum Gasteiger partial charge on any atom is -0.424 e. The Morgan fingerprint density at radius 3 is 1.97 bits per heavy atom. The second-order valence-electron chi connectivity index (χ2n) is 8.26. The number of aromatic nitrogens is 4. The third-order valence-corrected chi connectivity index (χ3v) is 5.41. The van der Waals surface area contributed by atoms with Crippen LogP contribution in [0.15, 0.2) is 36.4 Å². The molecule has 1 N–H and O–H groups in total. The molecule has 0 atom stereocenters. The SMILES string of the molecule is Cc1cc(C)nc(Oc2ccc(NC(=O)C3CCN(c4nc(C)cc(C)n4)CC3)cc2)n1. The molecule has 1 aliphatic rings. The third kappa shape index (κ3) is 5.38. The van der Waals surface area contributed by atoms with Gasteiger partial charge in [-0.2, -0.15) is 0 Å². The quantitative estimate of drug-likeness (QED) is 0.647. The Kier molecular flexibility index (Phi) is 6.30. The fourth-order valence-corrected chi connectivity index (χ4v) is 3.89. The van der Waals surface area contributed by atoms with Crippen molar-refractivity contribution in [3.8, 4) is 11.8 Å². The standard InChI is InChI=1S/C24H28N6O2/c1-15-13-16(2)26-23(25-15)30-11-9-19(10-12-30)22(31)29-20-5-7-21(8-6-20)32-24-27-17(3)14-18(4)28-24/h5-8,13-14,19H,9-12H2,1-4H3,(H,29,31). The number of nitrogens with one attached hydrogen (secondary N) is 1. The number of ether oxygens (including phenoxy) is 1. The average Bonchev–Trinajstić information content (AvgIpc) is 2.74. The Morgan fingerprint density at radius 2 is 1.41 bits per heavy atom. The van der Waals surface area contributed by atoms with Crippen LogP contribution in [0.4, 0.5) is 11.6 Å². The molecule has 0 saturated carbocycles. The van der Waals surface area contributed by atoms with Crippen LogP contribution in [0.5, 0.6) is 11.8 Å². The van der Waals surface area contributed by atoms with E-state index in [4.69, 9.17) is 4.74 Å². The van der Waals surface area contributed by atoms with Crippen LogP contribution in [0.1, 0.15) is 35.6 Å². The van der Waals surface area contributed by atoms with Gasteiger partial charge in [-0.1, -0.05) is 0 Å². The molecule has 3 heterocycles. The molecule has 32 heavy (non-hydrogen) atoms. The van der Waals surface area contributed by atoms with Gasteiger partial charge in [0.05, 0.1) is 0 Å². The van der Waals surface area contributed by atoms with Crippen molar-refractivity contribution in [2.75, 3.05) is 23.3 Å². The van der Waals surface area contributed by atoms with Crippen LogP contribution in [0.25, 0.3) is 0 Å². The van der Waals surface area contributed by atoms with E-state index in [-0.39, 0.29) is 11.8 Å². The summed E-state index contributed by atoms with van der Waals surface area (Å²) in [4.78, 5) is 32.6. The first kappa shape index (κ1) is 21.7. The topological polar surface area (TPSA) is 93.1 Å². The van der Waals surface area contributed by atoms with E-state index in [0.29, 0.717) is 11.8 Å². The number of nitrogens with zero attached hydrogens (tertiary/aromatic N) is 5. The third-order valence-electron chi connectivity index (χ3n) is 5.41. The summed E-state index contributed by atoms with van der Waals surface area (Å²) >= 11 is 0. The van der Waals surface area contributed by atoms with Crippen LogP contribution in [0, 0.1) is 33.6 Å². The van der Waals surface area contributed by atoms with Gasteiger partial charge in [0.15, 0.2) is 0 Å². The monoisotopic (exact) mass is 432 g/mol. The van der Waals surface area contributed by atoms with Crippen molar-refractivity contribution in [1.82, 2.24) is 19.9 Å². The van der Waals surface area contributed by atoms with E-state index in [0.717, 1.165) is 60.3 Å². The maximum Gasteiger partial charge on any atom is 0.322 e. The van der Waals surface area contributed by atoms with Crippen molar-refractivity contribution in [2.45, 2.75) is 40.5 Å². The van der Waals surface area contributed by atoms with Gasteiger partial charge < -0.3 is 15.0 Å². The molecule has 0 bridgehead atoms. The van der Waals surface area contributed by atoms with Gasteiger partial charge in [0.2, 0.25) is 11.9 Å². The summed E-state index contributed by atoms with van der Waals surface area (Å²) < 4.78 is 5.73. The summed E-state index contributed by atoms with van der Waals surface area (Å²) in [6.45, 7) is 9.29. The molecule has 166 valence electrons. The molecule has 1 aliphatic heterocycles. The molecule has 8 heteroatoms. The molecule has 1 aromatic carbocycles. The van der Waals surface area contributed by atoms with Crippen molar-refractivity contribution in [3.05, 3.63) is 59.2 Å². The number of amides is 1. The lowest BCUT2D eigenvalue weighted by molar-refractivity contribution is -0.120. The van der Waals surface area contributed by atoms with Crippen molar-refractivity contribution in [2.24, 2.45) is 5.92 Å². The molecule has 2 aromatic heterocycles. The summed E-state index contributed by atoms with van der Waals surface area (Å²) in [5, 5.41) is 3.02. The van der Waals surface area contributed by atoms with Gasteiger partial charge in [-0.15, -0.1) is 0 Å². The number of hydrogen-bond acceptors (Lipinski definition) is 7. The van der Waals surface area contributed by atoms with Gasteiger partial charge in [0.25, 0.3) is 0 Å². The largest absolute Gasteiger partial charge is 0.424 e. The predicted octanol–water partition coefficient (Wildman–Crippen LogP) is 4.15. The van der Waals surface area contributed by atoms with Crippen molar-refractivity contribution >= 4 is 17.5 Å². The lowest BCUT2D eigenvalue weighted by Crippen LogP contribution is -2.39. The first-order valence-corrected chi connectivity index (χ1v) is 10.8. The van der Waals surface area contributed by atoms with Gasteiger partial charge in [-0.3, -0.25) is 4.79 Å². The maximum atomic E-state index is 12.8. The van der Waals surface area contributed by atoms with Crippen LogP contribution in [-0.2, 0) is 4.79 Å². The zero-order valence-electron chi connectivity index (χ0n) is 18.9. The number of anilines is 2. The summed E-state index contributed by atoms with van der Waals surface area (Å²) in [6, 6.07) is 11.4. The lowest BCUT2D eigenvalue weighted by atomic mass is 9.96. The van der Waals surface area contributed by atoms with E-state index >= 15 is 0 Å². The van der Waals surface area contributed by atoms with E-state index in [1.54, 1.807) is 12.1 Å². The number of carbonyl (C=O) groups is 1. The number of benzene rings is 1. The normalized spacial score (nSPS) is 14.3. The first-order chi connectivity index (χ1) is 15.4. The van der Waals surface area contributed by atoms with Crippen LogP contribution in [0.2, 0.25) is 0 Å². The molecule has 1 saturated heterocycles. The van der Waals surface area contributed by atoms with Gasteiger partial charge in [0, 0.05) is 47.5 Å². The molecule has 3 aromatic rings. The minimum atomic E-state index is -0.0308. The molecular formula is C24H28N6O2. The second kappa shape index (κ2) is 9.30. The number of aryl methyl sites for hydroxylation is 4. The summed E-state index contributed by atoms with van der Waals surface area (Å²) in [7, 11) is 0. The summed E-state index contributed by atoms with van der Waals surface area (Å²) in [6.07, 6.45) is 1.54. The van der Waals surface area contributed by atoms with E-state index < -0.39 is 0 Å². The molecule has 0 radical (unpaired) electrons. The fraction of sp³-hybridized carbons (Fsp3) is 0.375. The van der Waals surface area contributed by atoms with Crippen LogP contribution >= 0.6 is 0 Å². The zero-order chi connectivity index (χ0) is 22.7. The van der Waals surface area contributed by atoms with E-state index in [9.17, 15) is 4.79 Å². The van der Waals surface area contributed by atoms with E-state index in [2.05, 4.69) is 30.2 Å². The Morgan fingerprint density at radius 1 is 0.875 bits per heavy atom. The molecule has 0 aliphatic carbocycles. The molecule has 1 fully saturated rings. The van der Waals surface area contributed by atoms with Crippen LogP contribution in [0.3, 0.4) is 0 Å².